The van der Waals surface area contributed by atoms with Crippen molar-refractivity contribution in [1.82, 2.24) is 14.3 Å². The third kappa shape index (κ3) is 4.21. The maximum absolute atomic E-state index is 11.1. The van der Waals surface area contributed by atoms with Crippen LogP contribution in [0.2, 0.25) is 0 Å². The second-order valence-corrected chi connectivity index (χ2v) is 4.92. The van der Waals surface area contributed by atoms with E-state index in [2.05, 4.69) is 9.71 Å². The number of carboxylic acid groups (broad SMARTS) is 1. The first-order chi connectivity index (χ1) is 7.94. The highest BCUT2D eigenvalue weighted by Crippen LogP contribution is 1.95. The molecule has 0 fully saturated rings. The number of hydrogen-bond donors (Lipinski definition) is 2. The molecule has 0 aliphatic carbocycles. The fraction of sp³-hybridized carbons (Fsp3) is 0.375. The Morgan fingerprint density at radius 2 is 2.35 bits per heavy atom. The van der Waals surface area contributed by atoms with E-state index >= 15 is 0 Å². The minimum Gasteiger partial charge on any atom is -0.476 e. The summed E-state index contributed by atoms with van der Waals surface area (Å²) in [5.41, 5.74) is -0.107. The monoisotopic (exact) mass is 258 g/mol. The van der Waals surface area contributed by atoms with Crippen LogP contribution in [0.1, 0.15) is 10.5 Å². The zero-order valence-electron chi connectivity index (χ0n) is 8.70. The Bertz CT molecular complexity index is 542. The lowest BCUT2D eigenvalue weighted by molar-refractivity contribution is 0.0691. The van der Waals surface area contributed by atoms with Crippen molar-refractivity contribution < 1.29 is 18.3 Å². The van der Waals surface area contributed by atoms with Gasteiger partial charge in [0.2, 0.25) is 10.0 Å². The molecule has 0 amide bonds. The van der Waals surface area contributed by atoms with E-state index in [1.165, 1.54) is 23.2 Å². The van der Waals surface area contributed by atoms with E-state index < -0.39 is 21.7 Å². The van der Waals surface area contributed by atoms with Gasteiger partial charge in [0.15, 0.2) is 11.4 Å². The molecule has 0 radical (unpaired) electrons. The maximum Gasteiger partial charge on any atom is 0.356 e. The minimum atomic E-state index is -3.57. The van der Waals surface area contributed by atoms with Crippen molar-refractivity contribution in [2.45, 2.75) is 6.54 Å². The second kappa shape index (κ2) is 5.42. The van der Waals surface area contributed by atoms with E-state index in [1.54, 1.807) is 0 Å². The number of carboxylic acids is 1. The largest absolute Gasteiger partial charge is 0.476 e. The molecule has 1 rings (SSSR count). The van der Waals surface area contributed by atoms with Gasteiger partial charge in [-0.05, 0) is 0 Å². The predicted molar refractivity (Wildman–Crippen MR) is 56.6 cm³/mol. The summed E-state index contributed by atoms with van der Waals surface area (Å²) >= 11 is 0. The SMILES string of the molecule is N#CCS(=O)(=O)NCCn1cnc(C(=O)O)c1. The number of nitrogens with zero attached hydrogens (tertiary/aromatic N) is 3. The van der Waals surface area contributed by atoms with Crippen molar-refractivity contribution in [3.05, 3.63) is 18.2 Å². The van der Waals surface area contributed by atoms with Gasteiger partial charge in [-0.1, -0.05) is 0 Å². The lowest BCUT2D eigenvalue weighted by Crippen LogP contribution is -2.28. The van der Waals surface area contributed by atoms with Crippen LogP contribution in [0.5, 0.6) is 0 Å². The van der Waals surface area contributed by atoms with Gasteiger partial charge in [-0.15, -0.1) is 0 Å². The Hall–Kier alpha value is -1.92. The molecule has 0 aliphatic rings. The van der Waals surface area contributed by atoms with Crippen LogP contribution in [0.3, 0.4) is 0 Å². The summed E-state index contributed by atoms with van der Waals surface area (Å²) in [6, 6.07) is 1.53. The minimum absolute atomic E-state index is 0.0689. The molecule has 0 saturated carbocycles. The molecule has 1 aromatic heterocycles. The average molecular weight is 258 g/mol. The summed E-state index contributed by atoms with van der Waals surface area (Å²) in [7, 11) is -3.57. The van der Waals surface area contributed by atoms with Gasteiger partial charge in [0.25, 0.3) is 0 Å². The topological polar surface area (TPSA) is 125 Å². The summed E-state index contributed by atoms with van der Waals surface area (Å²) in [4.78, 5) is 14.1. The van der Waals surface area contributed by atoms with Gasteiger partial charge in [0, 0.05) is 19.3 Å². The van der Waals surface area contributed by atoms with Crippen molar-refractivity contribution in [2.75, 3.05) is 12.3 Å². The molecule has 92 valence electrons. The van der Waals surface area contributed by atoms with Crippen molar-refractivity contribution in [2.24, 2.45) is 0 Å². The summed E-state index contributed by atoms with van der Waals surface area (Å²) in [6.07, 6.45) is 2.59. The second-order valence-electron chi connectivity index (χ2n) is 3.11. The maximum atomic E-state index is 11.1. The highest BCUT2D eigenvalue weighted by Gasteiger charge is 2.09. The van der Waals surface area contributed by atoms with Crippen LogP contribution in [0.15, 0.2) is 12.5 Å². The highest BCUT2D eigenvalue weighted by atomic mass is 32.2. The number of nitrogens with one attached hydrogen (secondary N) is 1. The average Bonchev–Trinajstić information content (AvgIpc) is 2.66. The molecule has 0 aromatic carbocycles. The smallest absolute Gasteiger partial charge is 0.356 e. The van der Waals surface area contributed by atoms with E-state index in [4.69, 9.17) is 10.4 Å². The van der Waals surface area contributed by atoms with Crippen LogP contribution in [0.4, 0.5) is 0 Å². The van der Waals surface area contributed by atoms with E-state index in [0.717, 1.165) is 0 Å². The molecule has 0 unspecified atom stereocenters. The molecular formula is C8H10N4O4S. The van der Waals surface area contributed by atoms with Gasteiger partial charge in [-0.3, -0.25) is 0 Å². The van der Waals surface area contributed by atoms with Crippen molar-refractivity contribution in [3.8, 4) is 6.07 Å². The molecule has 1 heterocycles. The number of rotatable bonds is 6. The van der Waals surface area contributed by atoms with Crippen LogP contribution in [0, 0.1) is 11.3 Å². The summed E-state index contributed by atoms with van der Waals surface area (Å²) < 4.78 is 25.8. The Morgan fingerprint density at radius 3 is 2.88 bits per heavy atom. The molecule has 0 aliphatic heterocycles. The molecule has 0 bridgehead atoms. The number of imidazole rings is 1. The van der Waals surface area contributed by atoms with Gasteiger partial charge < -0.3 is 9.67 Å². The van der Waals surface area contributed by atoms with Crippen LogP contribution >= 0.6 is 0 Å². The molecule has 0 spiro atoms. The fourth-order valence-electron chi connectivity index (χ4n) is 1.06. The predicted octanol–water partition coefficient (Wildman–Crippen LogP) is -0.976. The summed E-state index contributed by atoms with van der Waals surface area (Å²) in [5.74, 6) is -1.74. The van der Waals surface area contributed by atoms with E-state index in [-0.39, 0.29) is 18.8 Å². The van der Waals surface area contributed by atoms with Crippen molar-refractivity contribution >= 4 is 16.0 Å². The lowest BCUT2D eigenvalue weighted by Gasteiger charge is -2.03. The standard InChI is InChI=1S/C8H10N4O4S/c9-1-4-17(15,16)11-2-3-12-5-7(8(13)14)10-6-12/h5-6,11H,2-4H2,(H,13,14). The third-order valence-corrected chi connectivity index (χ3v) is 2.95. The number of carbonyl (C=O) groups is 1. The quantitative estimate of drug-likeness (QED) is 0.675. The fourth-order valence-corrected chi connectivity index (χ4v) is 1.73. The van der Waals surface area contributed by atoms with Crippen LogP contribution in [-0.2, 0) is 16.6 Å². The van der Waals surface area contributed by atoms with Crippen molar-refractivity contribution in [3.63, 3.8) is 0 Å². The van der Waals surface area contributed by atoms with Gasteiger partial charge in [-0.25, -0.2) is 22.9 Å². The number of hydrogen-bond acceptors (Lipinski definition) is 5. The molecule has 17 heavy (non-hydrogen) atoms. The Labute approximate surface area is 97.6 Å². The summed E-state index contributed by atoms with van der Waals surface area (Å²) in [6.45, 7) is 0.310. The molecular weight excluding hydrogens is 248 g/mol. The lowest BCUT2D eigenvalue weighted by atomic mass is 10.5. The zero-order valence-corrected chi connectivity index (χ0v) is 9.51. The molecule has 1 aromatic rings. The molecule has 0 atom stereocenters. The van der Waals surface area contributed by atoms with E-state index in [0.29, 0.717) is 0 Å². The Balaban J connectivity index is 2.46. The molecule has 0 saturated heterocycles. The summed E-state index contributed by atoms with van der Waals surface area (Å²) in [5, 5.41) is 16.8. The number of aromatic nitrogens is 2. The first-order valence-corrected chi connectivity index (χ1v) is 6.19. The van der Waals surface area contributed by atoms with E-state index in [9.17, 15) is 13.2 Å². The highest BCUT2D eigenvalue weighted by molar-refractivity contribution is 7.89. The Kier molecular flexibility index (Phi) is 4.19. The third-order valence-electron chi connectivity index (χ3n) is 1.80. The van der Waals surface area contributed by atoms with Gasteiger partial charge in [-0.2, -0.15) is 5.26 Å². The van der Waals surface area contributed by atoms with Gasteiger partial charge >= 0.3 is 5.97 Å². The van der Waals surface area contributed by atoms with E-state index in [1.807, 2.05) is 0 Å². The van der Waals surface area contributed by atoms with Crippen LogP contribution in [-0.4, -0.2) is 41.3 Å². The first-order valence-electron chi connectivity index (χ1n) is 4.54. The Morgan fingerprint density at radius 1 is 1.65 bits per heavy atom. The number of aromatic carboxylic acids is 1. The molecule has 8 nitrogen and oxygen atoms in total. The number of nitriles is 1. The zero-order chi connectivity index (χ0) is 12.9. The van der Waals surface area contributed by atoms with Gasteiger partial charge in [0.05, 0.1) is 12.4 Å². The first kappa shape index (κ1) is 13.1. The normalized spacial score (nSPS) is 11.0. The molecule has 2 N–H and O–H groups in total. The van der Waals surface area contributed by atoms with Crippen LogP contribution < -0.4 is 4.72 Å². The van der Waals surface area contributed by atoms with Gasteiger partial charge in [0.1, 0.15) is 0 Å². The number of sulfonamides is 1. The molecule has 9 heteroatoms. The van der Waals surface area contributed by atoms with Crippen molar-refractivity contribution in [1.29, 1.82) is 5.26 Å². The van der Waals surface area contributed by atoms with Crippen LogP contribution in [0.25, 0.3) is 0 Å².